The minimum Gasteiger partial charge on any atom is -0.316 e. The van der Waals surface area contributed by atoms with E-state index in [1.165, 1.54) is 0 Å². The van der Waals surface area contributed by atoms with E-state index in [2.05, 4.69) is 26.1 Å². The largest absolute Gasteiger partial charge is 0.324 e. The Morgan fingerprint density at radius 1 is 1.14 bits per heavy atom. The Balaban J connectivity index is 1.83. The number of imide groups is 1. The van der Waals surface area contributed by atoms with Crippen molar-refractivity contribution in [1.82, 2.24) is 10.2 Å². The molecule has 118 valence electrons. The second-order valence-electron chi connectivity index (χ2n) is 7.62. The van der Waals surface area contributed by atoms with E-state index in [0.717, 1.165) is 18.4 Å². The van der Waals surface area contributed by atoms with Crippen LogP contribution in [-0.4, -0.2) is 22.9 Å². The van der Waals surface area contributed by atoms with E-state index in [4.69, 9.17) is 0 Å². The number of nitrogens with one attached hydrogen (secondary N) is 1. The first-order chi connectivity index (χ1) is 10.4. The van der Waals surface area contributed by atoms with Crippen molar-refractivity contribution in [3.63, 3.8) is 0 Å². The average molecular weight is 300 g/mol. The summed E-state index contributed by atoms with van der Waals surface area (Å²) in [5, 5.41) is 2.54. The fourth-order valence-electron chi connectivity index (χ4n) is 3.74. The minimum atomic E-state index is -0.246. The third-order valence-corrected chi connectivity index (χ3v) is 5.18. The van der Waals surface area contributed by atoms with Crippen molar-refractivity contribution in [1.29, 1.82) is 0 Å². The van der Waals surface area contributed by atoms with Gasteiger partial charge in [0, 0.05) is 12.6 Å². The molecule has 2 aliphatic rings. The summed E-state index contributed by atoms with van der Waals surface area (Å²) in [6.07, 6.45) is 1.79. The van der Waals surface area contributed by atoms with Crippen LogP contribution in [0.4, 0.5) is 4.79 Å². The topological polar surface area (TPSA) is 49.4 Å². The third-order valence-electron chi connectivity index (χ3n) is 5.18. The van der Waals surface area contributed by atoms with Crippen LogP contribution in [0.3, 0.4) is 0 Å². The first-order valence-electron chi connectivity index (χ1n) is 8.01. The molecule has 4 heteroatoms. The Labute approximate surface area is 131 Å². The highest BCUT2D eigenvalue weighted by Crippen LogP contribution is 2.45. The van der Waals surface area contributed by atoms with Gasteiger partial charge in [-0.15, -0.1) is 0 Å². The Morgan fingerprint density at radius 2 is 1.82 bits per heavy atom. The number of amides is 3. The lowest BCUT2D eigenvalue weighted by molar-refractivity contribution is -0.127. The van der Waals surface area contributed by atoms with E-state index in [9.17, 15) is 9.59 Å². The first kappa shape index (κ1) is 15.1. The van der Waals surface area contributed by atoms with Gasteiger partial charge < -0.3 is 4.90 Å². The molecule has 4 nitrogen and oxygen atoms in total. The number of fused-ring (bicyclic) bond motifs is 1. The van der Waals surface area contributed by atoms with Crippen molar-refractivity contribution in [2.24, 2.45) is 17.3 Å². The molecule has 1 heterocycles. The lowest BCUT2D eigenvalue weighted by Gasteiger charge is -2.37. The average Bonchev–Trinajstić information content (AvgIpc) is 2.90. The van der Waals surface area contributed by atoms with Crippen LogP contribution in [0.25, 0.3) is 0 Å². The SMILES string of the molecule is CC(C)(C)C1CC2C(=O)NC(=O)N(Cc3ccccc3)C2C1. The van der Waals surface area contributed by atoms with Gasteiger partial charge >= 0.3 is 6.03 Å². The predicted molar refractivity (Wildman–Crippen MR) is 85.0 cm³/mol. The highest BCUT2D eigenvalue weighted by molar-refractivity contribution is 5.98. The Hall–Kier alpha value is -1.84. The van der Waals surface area contributed by atoms with Crippen molar-refractivity contribution in [2.45, 2.75) is 46.2 Å². The monoisotopic (exact) mass is 300 g/mol. The van der Waals surface area contributed by atoms with Crippen LogP contribution in [0.1, 0.15) is 39.2 Å². The molecule has 2 fully saturated rings. The van der Waals surface area contributed by atoms with E-state index >= 15 is 0 Å². The van der Waals surface area contributed by atoms with Gasteiger partial charge in [-0.2, -0.15) is 0 Å². The van der Waals surface area contributed by atoms with E-state index in [1.807, 2.05) is 35.2 Å². The fraction of sp³-hybridized carbons (Fsp3) is 0.556. The van der Waals surface area contributed by atoms with Gasteiger partial charge in [0.25, 0.3) is 0 Å². The number of urea groups is 1. The highest BCUT2D eigenvalue weighted by atomic mass is 16.2. The lowest BCUT2D eigenvalue weighted by atomic mass is 9.79. The smallest absolute Gasteiger partial charge is 0.316 e. The number of rotatable bonds is 2. The second kappa shape index (κ2) is 5.41. The molecule has 3 rings (SSSR count). The molecule has 1 aromatic rings. The van der Waals surface area contributed by atoms with Gasteiger partial charge in [0.1, 0.15) is 0 Å². The number of benzene rings is 1. The van der Waals surface area contributed by atoms with Crippen LogP contribution >= 0.6 is 0 Å². The molecular weight excluding hydrogens is 276 g/mol. The molecule has 1 N–H and O–H groups in total. The van der Waals surface area contributed by atoms with E-state index in [1.54, 1.807) is 0 Å². The second-order valence-corrected chi connectivity index (χ2v) is 7.62. The molecule has 1 saturated carbocycles. The van der Waals surface area contributed by atoms with Crippen LogP contribution in [0.5, 0.6) is 0 Å². The molecule has 3 atom stereocenters. The molecule has 22 heavy (non-hydrogen) atoms. The fourth-order valence-corrected chi connectivity index (χ4v) is 3.74. The summed E-state index contributed by atoms with van der Waals surface area (Å²) < 4.78 is 0. The summed E-state index contributed by atoms with van der Waals surface area (Å²) in [5.74, 6) is 0.314. The van der Waals surface area contributed by atoms with Crippen molar-refractivity contribution < 1.29 is 9.59 Å². The molecule has 1 saturated heterocycles. The van der Waals surface area contributed by atoms with Crippen molar-refractivity contribution in [3.8, 4) is 0 Å². The summed E-state index contributed by atoms with van der Waals surface area (Å²) in [5.41, 5.74) is 1.27. The van der Waals surface area contributed by atoms with Crippen LogP contribution < -0.4 is 5.32 Å². The lowest BCUT2D eigenvalue weighted by Crippen LogP contribution is -2.57. The molecule has 3 unspecified atom stereocenters. The van der Waals surface area contributed by atoms with Gasteiger partial charge in [0.05, 0.1) is 5.92 Å². The molecular formula is C18H24N2O2. The van der Waals surface area contributed by atoms with E-state index in [0.29, 0.717) is 12.5 Å². The van der Waals surface area contributed by atoms with Crippen LogP contribution in [0.15, 0.2) is 30.3 Å². The van der Waals surface area contributed by atoms with Gasteiger partial charge in [-0.25, -0.2) is 4.79 Å². The minimum absolute atomic E-state index is 0.0330. The first-order valence-corrected chi connectivity index (χ1v) is 8.01. The summed E-state index contributed by atoms with van der Waals surface area (Å²) in [7, 11) is 0. The number of hydrogen-bond donors (Lipinski definition) is 1. The normalized spacial score (nSPS) is 28.5. The zero-order valence-corrected chi connectivity index (χ0v) is 13.5. The number of carbonyl (C=O) groups is 2. The molecule has 3 amide bonds. The zero-order valence-electron chi connectivity index (χ0n) is 13.5. The van der Waals surface area contributed by atoms with Crippen molar-refractivity contribution >= 4 is 11.9 Å². The van der Waals surface area contributed by atoms with Crippen molar-refractivity contribution in [2.75, 3.05) is 0 Å². The number of carbonyl (C=O) groups excluding carboxylic acids is 2. The maximum atomic E-state index is 12.3. The summed E-state index contributed by atoms with van der Waals surface area (Å²) in [6.45, 7) is 7.22. The van der Waals surface area contributed by atoms with E-state index in [-0.39, 0.29) is 29.3 Å². The van der Waals surface area contributed by atoms with Gasteiger partial charge in [-0.1, -0.05) is 51.1 Å². The Bertz CT molecular complexity index is 576. The zero-order chi connectivity index (χ0) is 15.9. The van der Waals surface area contributed by atoms with Gasteiger partial charge in [0.15, 0.2) is 0 Å². The quantitative estimate of drug-likeness (QED) is 0.912. The molecule has 0 spiro atoms. The standard InChI is InChI=1S/C18H24N2O2/c1-18(2,3)13-9-14-15(10-13)20(17(22)19-16(14)21)11-12-7-5-4-6-8-12/h4-8,13-15H,9-11H2,1-3H3,(H,19,21,22). The van der Waals surface area contributed by atoms with Gasteiger partial charge in [-0.05, 0) is 29.7 Å². The third kappa shape index (κ3) is 2.74. The van der Waals surface area contributed by atoms with Crippen LogP contribution in [-0.2, 0) is 11.3 Å². The molecule has 1 aromatic carbocycles. The summed E-state index contributed by atoms with van der Waals surface area (Å²) in [6, 6.07) is 9.76. The van der Waals surface area contributed by atoms with Crippen LogP contribution in [0, 0.1) is 17.3 Å². The molecule has 0 radical (unpaired) electrons. The van der Waals surface area contributed by atoms with Gasteiger partial charge in [0.2, 0.25) is 5.91 Å². The Morgan fingerprint density at radius 3 is 2.45 bits per heavy atom. The number of nitrogens with zero attached hydrogens (tertiary/aromatic N) is 1. The molecule has 0 aromatic heterocycles. The van der Waals surface area contributed by atoms with Crippen molar-refractivity contribution in [3.05, 3.63) is 35.9 Å². The summed E-state index contributed by atoms with van der Waals surface area (Å²) in [4.78, 5) is 26.4. The van der Waals surface area contributed by atoms with Gasteiger partial charge in [-0.3, -0.25) is 10.1 Å². The maximum Gasteiger partial charge on any atom is 0.324 e. The molecule has 1 aliphatic carbocycles. The van der Waals surface area contributed by atoms with Crippen LogP contribution in [0.2, 0.25) is 0 Å². The van der Waals surface area contributed by atoms with E-state index < -0.39 is 0 Å². The molecule has 0 bridgehead atoms. The predicted octanol–water partition coefficient (Wildman–Crippen LogP) is 3.18. The Kier molecular flexibility index (Phi) is 3.71. The maximum absolute atomic E-state index is 12.3. The summed E-state index contributed by atoms with van der Waals surface area (Å²) >= 11 is 0. The molecule has 1 aliphatic heterocycles. The highest BCUT2D eigenvalue weighted by Gasteiger charge is 2.49. The number of hydrogen-bond acceptors (Lipinski definition) is 2.